The third-order valence-electron chi connectivity index (χ3n) is 4.24. The zero-order valence-electron chi connectivity index (χ0n) is 14.7. The number of carbonyl (C=O) groups is 2. The Bertz CT molecular complexity index is 527. The lowest BCUT2D eigenvalue weighted by Crippen LogP contribution is -2.53. The van der Waals surface area contributed by atoms with Crippen LogP contribution in [0.15, 0.2) is 30.3 Å². The molecule has 0 aromatic heterocycles. The number of amides is 3. The molecule has 1 aromatic rings. The third-order valence-corrected chi connectivity index (χ3v) is 4.24. The molecule has 1 fully saturated rings. The summed E-state index contributed by atoms with van der Waals surface area (Å²) in [6, 6.07) is 9.32. The van der Waals surface area contributed by atoms with E-state index in [-0.39, 0.29) is 11.9 Å². The van der Waals surface area contributed by atoms with Crippen molar-refractivity contribution in [3.8, 4) is 0 Å². The van der Waals surface area contributed by atoms with Crippen LogP contribution in [0.1, 0.15) is 19.8 Å². The molecule has 1 N–H and O–H groups in total. The molecule has 1 aliphatic heterocycles. The van der Waals surface area contributed by atoms with E-state index in [0.717, 1.165) is 25.1 Å². The molecule has 0 atom stereocenters. The zero-order chi connectivity index (χ0) is 17.4. The average molecular weight is 332 g/mol. The van der Waals surface area contributed by atoms with E-state index in [9.17, 15) is 9.59 Å². The van der Waals surface area contributed by atoms with Crippen molar-refractivity contribution in [1.29, 1.82) is 0 Å². The summed E-state index contributed by atoms with van der Waals surface area (Å²) in [4.78, 5) is 30.2. The maximum atomic E-state index is 12.3. The molecular formula is C18H28N4O2. The first kappa shape index (κ1) is 18.3. The van der Waals surface area contributed by atoms with E-state index in [1.165, 1.54) is 0 Å². The molecule has 3 amide bonds. The normalized spacial score (nSPS) is 14.8. The quantitative estimate of drug-likeness (QED) is 0.868. The Morgan fingerprint density at radius 1 is 1.08 bits per heavy atom. The zero-order valence-corrected chi connectivity index (χ0v) is 14.7. The Hall–Kier alpha value is -2.08. The molecule has 0 bridgehead atoms. The van der Waals surface area contributed by atoms with Gasteiger partial charge in [0, 0.05) is 31.9 Å². The molecule has 1 aliphatic rings. The van der Waals surface area contributed by atoms with Crippen LogP contribution in [-0.4, -0.2) is 73.0 Å². The Labute approximate surface area is 144 Å². The van der Waals surface area contributed by atoms with Crippen LogP contribution in [0.25, 0.3) is 0 Å². The van der Waals surface area contributed by atoms with E-state index in [4.69, 9.17) is 0 Å². The Morgan fingerprint density at radius 2 is 1.71 bits per heavy atom. The van der Waals surface area contributed by atoms with Gasteiger partial charge in [-0.3, -0.25) is 9.69 Å². The second-order valence-electron chi connectivity index (χ2n) is 6.26. The largest absolute Gasteiger partial charge is 0.338 e. The van der Waals surface area contributed by atoms with Gasteiger partial charge >= 0.3 is 6.03 Å². The van der Waals surface area contributed by atoms with Crippen molar-refractivity contribution in [2.75, 3.05) is 51.6 Å². The summed E-state index contributed by atoms with van der Waals surface area (Å²) < 4.78 is 0. The van der Waals surface area contributed by atoms with Gasteiger partial charge in [-0.15, -0.1) is 0 Å². The standard InChI is InChI=1S/C18H28N4O2/c1-3-4-10-20(2)15-17(23)21-11-13-22(14-12-21)18(24)19-16-8-6-5-7-9-16/h5-9H,3-4,10-15H2,1-2H3,(H,19,24). The van der Waals surface area contributed by atoms with Crippen LogP contribution in [0.5, 0.6) is 0 Å². The number of rotatable bonds is 6. The van der Waals surface area contributed by atoms with Gasteiger partial charge in [0.1, 0.15) is 0 Å². The molecule has 24 heavy (non-hydrogen) atoms. The van der Waals surface area contributed by atoms with E-state index >= 15 is 0 Å². The lowest BCUT2D eigenvalue weighted by atomic mass is 10.3. The monoisotopic (exact) mass is 332 g/mol. The highest BCUT2D eigenvalue weighted by atomic mass is 16.2. The number of hydrogen-bond donors (Lipinski definition) is 1. The number of carbonyl (C=O) groups excluding carboxylic acids is 2. The predicted molar refractivity (Wildman–Crippen MR) is 96.0 cm³/mol. The van der Waals surface area contributed by atoms with E-state index in [1.807, 2.05) is 42.3 Å². The number of hydrogen-bond acceptors (Lipinski definition) is 3. The van der Waals surface area contributed by atoms with Gasteiger partial charge in [-0.05, 0) is 32.1 Å². The van der Waals surface area contributed by atoms with Crippen molar-refractivity contribution < 1.29 is 9.59 Å². The molecule has 0 aliphatic carbocycles. The smallest absolute Gasteiger partial charge is 0.321 e. The maximum absolute atomic E-state index is 12.3. The molecule has 0 spiro atoms. The second kappa shape index (κ2) is 9.27. The minimum absolute atomic E-state index is 0.103. The summed E-state index contributed by atoms with van der Waals surface area (Å²) in [5, 5.41) is 2.89. The Kier molecular flexibility index (Phi) is 7.06. The highest BCUT2D eigenvalue weighted by Crippen LogP contribution is 2.09. The molecule has 6 heteroatoms. The van der Waals surface area contributed by atoms with E-state index < -0.39 is 0 Å². The van der Waals surface area contributed by atoms with Crippen molar-refractivity contribution in [3.63, 3.8) is 0 Å². The molecular weight excluding hydrogens is 304 g/mol. The van der Waals surface area contributed by atoms with Gasteiger partial charge in [-0.25, -0.2) is 4.79 Å². The first-order valence-corrected chi connectivity index (χ1v) is 8.67. The van der Waals surface area contributed by atoms with Crippen LogP contribution < -0.4 is 5.32 Å². The van der Waals surface area contributed by atoms with Crippen molar-refractivity contribution >= 4 is 17.6 Å². The van der Waals surface area contributed by atoms with Crippen LogP contribution in [0, 0.1) is 0 Å². The van der Waals surface area contributed by atoms with Crippen molar-refractivity contribution in [2.45, 2.75) is 19.8 Å². The minimum Gasteiger partial charge on any atom is -0.338 e. The van der Waals surface area contributed by atoms with Crippen LogP contribution in [0.4, 0.5) is 10.5 Å². The fourth-order valence-electron chi connectivity index (χ4n) is 2.72. The number of nitrogens with zero attached hydrogens (tertiary/aromatic N) is 3. The molecule has 6 nitrogen and oxygen atoms in total. The summed E-state index contributed by atoms with van der Waals surface area (Å²) >= 11 is 0. The number of urea groups is 1. The molecule has 1 aromatic carbocycles. The molecule has 0 unspecified atom stereocenters. The van der Waals surface area contributed by atoms with Gasteiger partial charge in [0.15, 0.2) is 0 Å². The number of nitrogens with one attached hydrogen (secondary N) is 1. The molecule has 0 saturated carbocycles. The number of anilines is 1. The number of unbranched alkanes of at least 4 members (excludes halogenated alkanes) is 1. The number of likely N-dealkylation sites (N-methyl/N-ethyl adjacent to an activating group) is 1. The minimum atomic E-state index is -0.103. The molecule has 2 rings (SSSR count). The summed E-state index contributed by atoms with van der Waals surface area (Å²) in [5.41, 5.74) is 0.790. The maximum Gasteiger partial charge on any atom is 0.321 e. The molecule has 0 radical (unpaired) electrons. The third kappa shape index (κ3) is 5.53. The number of para-hydroxylation sites is 1. The SMILES string of the molecule is CCCCN(C)CC(=O)N1CCN(C(=O)Nc2ccccc2)CC1. The predicted octanol–water partition coefficient (Wildman–Crippen LogP) is 2.09. The molecule has 1 heterocycles. The van der Waals surface area contributed by atoms with E-state index in [1.54, 1.807) is 4.90 Å². The van der Waals surface area contributed by atoms with E-state index in [2.05, 4.69) is 17.1 Å². The fraction of sp³-hybridized carbons (Fsp3) is 0.556. The topological polar surface area (TPSA) is 55.9 Å². The van der Waals surface area contributed by atoms with Gasteiger partial charge < -0.3 is 15.1 Å². The van der Waals surface area contributed by atoms with Gasteiger partial charge in [-0.1, -0.05) is 31.5 Å². The number of benzene rings is 1. The van der Waals surface area contributed by atoms with Gasteiger partial charge in [0.05, 0.1) is 6.54 Å². The highest BCUT2D eigenvalue weighted by molar-refractivity contribution is 5.89. The summed E-state index contributed by atoms with van der Waals surface area (Å²) in [7, 11) is 1.98. The van der Waals surface area contributed by atoms with Gasteiger partial charge in [0.2, 0.25) is 5.91 Å². The van der Waals surface area contributed by atoms with Gasteiger partial charge in [-0.2, -0.15) is 0 Å². The van der Waals surface area contributed by atoms with Crippen LogP contribution in [0.3, 0.4) is 0 Å². The van der Waals surface area contributed by atoms with Crippen LogP contribution in [-0.2, 0) is 4.79 Å². The lowest BCUT2D eigenvalue weighted by Gasteiger charge is -2.35. The molecule has 132 valence electrons. The van der Waals surface area contributed by atoms with Crippen molar-refractivity contribution in [3.05, 3.63) is 30.3 Å². The Balaban J connectivity index is 1.74. The number of piperazine rings is 1. The van der Waals surface area contributed by atoms with Crippen molar-refractivity contribution in [1.82, 2.24) is 14.7 Å². The molecule has 1 saturated heterocycles. The fourth-order valence-corrected chi connectivity index (χ4v) is 2.72. The first-order valence-electron chi connectivity index (χ1n) is 8.67. The van der Waals surface area contributed by atoms with Crippen LogP contribution in [0.2, 0.25) is 0 Å². The van der Waals surface area contributed by atoms with Crippen molar-refractivity contribution in [2.24, 2.45) is 0 Å². The highest BCUT2D eigenvalue weighted by Gasteiger charge is 2.24. The summed E-state index contributed by atoms with van der Waals surface area (Å²) in [6.45, 7) is 5.89. The second-order valence-corrected chi connectivity index (χ2v) is 6.26. The average Bonchev–Trinajstić information content (AvgIpc) is 2.61. The Morgan fingerprint density at radius 3 is 2.33 bits per heavy atom. The van der Waals surface area contributed by atoms with Crippen LogP contribution >= 0.6 is 0 Å². The van der Waals surface area contributed by atoms with E-state index in [0.29, 0.717) is 32.7 Å². The first-order chi connectivity index (χ1) is 11.6. The lowest BCUT2D eigenvalue weighted by molar-refractivity contribution is -0.133. The summed E-state index contributed by atoms with van der Waals surface area (Å²) in [6.07, 6.45) is 2.24. The summed E-state index contributed by atoms with van der Waals surface area (Å²) in [5.74, 6) is 0.150. The van der Waals surface area contributed by atoms with Gasteiger partial charge in [0.25, 0.3) is 0 Å².